The van der Waals surface area contributed by atoms with Gasteiger partial charge in [-0.1, -0.05) is 30.3 Å². The number of benzene rings is 1. The molecule has 1 aromatic carbocycles. The van der Waals surface area contributed by atoms with Crippen molar-refractivity contribution in [1.82, 2.24) is 10.2 Å². The Balaban J connectivity index is 1.98. The average molecular weight is 248 g/mol. The van der Waals surface area contributed by atoms with Crippen molar-refractivity contribution in [3.63, 3.8) is 0 Å². The van der Waals surface area contributed by atoms with Gasteiger partial charge in [-0.2, -0.15) is 0 Å². The van der Waals surface area contributed by atoms with E-state index >= 15 is 0 Å². The number of rotatable bonds is 4. The number of hydrogen-bond acceptors (Lipinski definition) is 3. The van der Waals surface area contributed by atoms with Crippen LogP contribution in [0.2, 0.25) is 0 Å². The zero-order valence-electron chi connectivity index (χ0n) is 11.4. The molecule has 0 aliphatic carbocycles. The Labute approximate surface area is 110 Å². The normalized spacial score (nSPS) is 20.9. The summed E-state index contributed by atoms with van der Waals surface area (Å²) >= 11 is 0. The molecule has 2 rings (SSSR count). The summed E-state index contributed by atoms with van der Waals surface area (Å²) in [4.78, 5) is 2.30. The third kappa shape index (κ3) is 3.31. The summed E-state index contributed by atoms with van der Waals surface area (Å²) in [6, 6.07) is 10.5. The summed E-state index contributed by atoms with van der Waals surface area (Å²) in [5.41, 5.74) is 0.215. The lowest BCUT2D eigenvalue weighted by Gasteiger charge is -2.36. The molecule has 0 radical (unpaired) electrons. The molecule has 2 N–H and O–H groups in total. The van der Waals surface area contributed by atoms with Crippen molar-refractivity contribution in [1.29, 1.82) is 0 Å². The van der Waals surface area contributed by atoms with E-state index in [-0.39, 0.29) is 0 Å². The zero-order chi connectivity index (χ0) is 13.0. The van der Waals surface area contributed by atoms with Crippen molar-refractivity contribution in [3.8, 4) is 0 Å². The second kappa shape index (κ2) is 5.83. The Bertz CT molecular complexity index is 358. The van der Waals surface area contributed by atoms with Crippen molar-refractivity contribution in [2.45, 2.75) is 31.4 Å². The van der Waals surface area contributed by atoms with Crippen LogP contribution in [0.4, 0.5) is 0 Å². The average Bonchev–Trinajstić information content (AvgIpc) is 2.40. The van der Waals surface area contributed by atoms with E-state index < -0.39 is 5.60 Å². The van der Waals surface area contributed by atoms with Crippen molar-refractivity contribution >= 4 is 0 Å². The Hall–Kier alpha value is -0.900. The van der Waals surface area contributed by atoms with Crippen LogP contribution < -0.4 is 5.32 Å². The number of aliphatic hydroxyl groups is 1. The first kappa shape index (κ1) is 13.5. The van der Waals surface area contributed by atoms with E-state index in [0.29, 0.717) is 12.6 Å². The number of likely N-dealkylation sites (N-methyl/N-ethyl adjacent to an activating group) is 1. The highest BCUT2D eigenvalue weighted by Crippen LogP contribution is 2.23. The van der Waals surface area contributed by atoms with Gasteiger partial charge in [-0.3, -0.25) is 0 Å². The summed E-state index contributed by atoms with van der Waals surface area (Å²) in [6.45, 7) is 4.76. The molecule has 1 aliphatic heterocycles. The second-order valence-electron chi connectivity index (χ2n) is 5.54. The molecule has 1 heterocycles. The first-order chi connectivity index (χ1) is 8.59. The maximum absolute atomic E-state index is 10.6. The SMILES string of the molecule is CN(CC(C)(O)c1ccccc1)C1CCNCC1. The quantitative estimate of drug-likeness (QED) is 0.849. The first-order valence-electron chi connectivity index (χ1n) is 6.78. The molecule has 18 heavy (non-hydrogen) atoms. The molecule has 1 unspecified atom stereocenters. The molecule has 0 saturated carbocycles. The van der Waals surface area contributed by atoms with E-state index in [0.717, 1.165) is 18.7 Å². The van der Waals surface area contributed by atoms with Crippen LogP contribution >= 0.6 is 0 Å². The van der Waals surface area contributed by atoms with Crippen LogP contribution in [0.1, 0.15) is 25.3 Å². The van der Waals surface area contributed by atoms with Crippen LogP contribution in [0.5, 0.6) is 0 Å². The molecule has 0 amide bonds. The third-order valence-electron chi connectivity index (χ3n) is 3.88. The maximum Gasteiger partial charge on any atom is 0.0994 e. The third-order valence-corrected chi connectivity index (χ3v) is 3.88. The van der Waals surface area contributed by atoms with E-state index in [2.05, 4.69) is 17.3 Å². The summed E-state index contributed by atoms with van der Waals surface area (Å²) < 4.78 is 0. The van der Waals surface area contributed by atoms with Crippen LogP contribution in [0, 0.1) is 0 Å². The molecule has 1 saturated heterocycles. The van der Waals surface area contributed by atoms with Gasteiger partial charge in [-0.25, -0.2) is 0 Å². The Kier molecular flexibility index (Phi) is 4.38. The lowest BCUT2D eigenvalue weighted by Crippen LogP contribution is -2.46. The molecular weight excluding hydrogens is 224 g/mol. The Morgan fingerprint density at radius 2 is 1.89 bits per heavy atom. The van der Waals surface area contributed by atoms with Crippen molar-refractivity contribution < 1.29 is 5.11 Å². The molecule has 100 valence electrons. The van der Waals surface area contributed by atoms with Gasteiger partial charge >= 0.3 is 0 Å². The fraction of sp³-hybridized carbons (Fsp3) is 0.600. The van der Waals surface area contributed by atoms with Gasteiger partial charge < -0.3 is 15.3 Å². The highest BCUT2D eigenvalue weighted by atomic mass is 16.3. The highest BCUT2D eigenvalue weighted by molar-refractivity contribution is 5.21. The van der Waals surface area contributed by atoms with Gasteiger partial charge in [0.05, 0.1) is 5.60 Å². The number of nitrogens with zero attached hydrogens (tertiary/aromatic N) is 1. The number of nitrogens with one attached hydrogen (secondary N) is 1. The first-order valence-corrected chi connectivity index (χ1v) is 6.78. The molecule has 0 spiro atoms. The second-order valence-corrected chi connectivity index (χ2v) is 5.54. The molecule has 0 aromatic heterocycles. The number of piperidine rings is 1. The van der Waals surface area contributed by atoms with Crippen molar-refractivity contribution in [3.05, 3.63) is 35.9 Å². The van der Waals surface area contributed by atoms with E-state index in [9.17, 15) is 5.11 Å². The summed E-state index contributed by atoms with van der Waals surface area (Å²) in [5.74, 6) is 0. The van der Waals surface area contributed by atoms with E-state index in [1.165, 1.54) is 12.8 Å². The lowest BCUT2D eigenvalue weighted by atomic mass is 9.94. The molecule has 1 atom stereocenters. The largest absolute Gasteiger partial charge is 0.384 e. The Morgan fingerprint density at radius 3 is 2.50 bits per heavy atom. The molecule has 3 nitrogen and oxygen atoms in total. The molecule has 1 fully saturated rings. The predicted molar refractivity (Wildman–Crippen MR) is 74.5 cm³/mol. The van der Waals surface area contributed by atoms with E-state index in [4.69, 9.17) is 0 Å². The van der Waals surface area contributed by atoms with Gasteiger partial charge in [0.2, 0.25) is 0 Å². The summed E-state index contributed by atoms with van der Waals surface area (Å²) in [5, 5.41) is 14.0. The standard InChI is InChI=1S/C15H24N2O/c1-15(18,13-6-4-3-5-7-13)12-17(2)14-8-10-16-11-9-14/h3-7,14,16,18H,8-12H2,1-2H3. The van der Waals surface area contributed by atoms with Crippen LogP contribution in [0.3, 0.4) is 0 Å². The van der Waals surface area contributed by atoms with Crippen molar-refractivity contribution in [2.75, 3.05) is 26.7 Å². The molecule has 0 bridgehead atoms. The lowest BCUT2D eigenvalue weighted by molar-refractivity contribution is 0.00739. The minimum atomic E-state index is -0.777. The topological polar surface area (TPSA) is 35.5 Å². The fourth-order valence-corrected chi connectivity index (χ4v) is 2.75. The summed E-state index contributed by atoms with van der Waals surface area (Å²) in [7, 11) is 2.12. The van der Waals surface area contributed by atoms with Gasteiger partial charge in [-0.15, -0.1) is 0 Å². The predicted octanol–water partition coefficient (Wildman–Crippen LogP) is 1.58. The van der Waals surface area contributed by atoms with Gasteiger partial charge in [0, 0.05) is 12.6 Å². The smallest absolute Gasteiger partial charge is 0.0994 e. The van der Waals surface area contributed by atoms with E-state index in [1.54, 1.807) is 0 Å². The van der Waals surface area contributed by atoms with Crippen LogP contribution in [-0.2, 0) is 5.60 Å². The fourth-order valence-electron chi connectivity index (χ4n) is 2.75. The molecule has 3 heteroatoms. The van der Waals surface area contributed by atoms with Gasteiger partial charge in [0.1, 0.15) is 0 Å². The van der Waals surface area contributed by atoms with Crippen LogP contribution in [-0.4, -0.2) is 42.7 Å². The molecule has 1 aromatic rings. The van der Waals surface area contributed by atoms with E-state index in [1.807, 2.05) is 37.3 Å². The Morgan fingerprint density at radius 1 is 1.28 bits per heavy atom. The molecule has 1 aliphatic rings. The minimum Gasteiger partial charge on any atom is -0.384 e. The van der Waals surface area contributed by atoms with Gasteiger partial charge in [0.25, 0.3) is 0 Å². The minimum absolute atomic E-state index is 0.585. The van der Waals surface area contributed by atoms with Gasteiger partial charge in [0.15, 0.2) is 0 Å². The maximum atomic E-state index is 10.6. The highest BCUT2D eigenvalue weighted by Gasteiger charge is 2.28. The monoisotopic (exact) mass is 248 g/mol. The van der Waals surface area contributed by atoms with Gasteiger partial charge in [-0.05, 0) is 45.5 Å². The zero-order valence-corrected chi connectivity index (χ0v) is 11.4. The molecular formula is C15H24N2O. The number of hydrogen-bond donors (Lipinski definition) is 2. The van der Waals surface area contributed by atoms with Crippen molar-refractivity contribution in [2.24, 2.45) is 0 Å². The van der Waals surface area contributed by atoms with Crippen LogP contribution in [0.25, 0.3) is 0 Å². The van der Waals surface area contributed by atoms with Crippen LogP contribution in [0.15, 0.2) is 30.3 Å². The summed E-state index contributed by atoms with van der Waals surface area (Å²) in [6.07, 6.45) is 2.34.